The van der Waals surface area contributed by atoms with Crippen molar-refractivity contribution in [3.05, 3.63) is 29.6 Å². The predicted molar refractivity (Wildman–Crippen MR) is 53.8 cm³/mol. The molecule has 0 unspecified atom stereocenters. The molecule has 0 aliphatic rings. The van der Waals surface area contributed by atoms with E-state index in [0.717, 1.165) is 0 Å². The first-order valence-corrected chi connectivity index (χ1v) is 4.56. The molecule has 0 spiro atoms. The molecule has 15 heavy (non-hydrogen) atoms. The number of halogens is 1. The maximum absolute atomic E-state index is 13.0. The third kappa shape index (κ3) is 3.67. The van der Waals surface area contributed by atoms with E-state index in [2.05, 4.69) is 0 Å². The number of hydrogen-bond donors (Lipinski definition) is 0. The van der Waals surface area contributed by atoms with Gasteiger partial charge in [-0.1, -0.05) is 0 Å². The fourth-order valence-electron chi connectivity index (χ4n) is 1.09. The van der Waals surface area contributed by atoms with Crippen molar-refractivity contribution in [2.24, 2.45) is 0 Å². The second-order valence-electron chi connectivity index (χ2n) is 3.07. The highest BCUT2D eigenvalue weighted by atomic mass is 19.1. The van der Waals surface area contributed by atoms with Crippen LogP contribution in [0.2, 0.25) is 0 Å². The summed E-state index contributed by atoms with van der Waals surface area (Å²) in [6.07, 6.45) is 0. The molecule has 0 radical (unpaired) electrons. The third-order valence-electron chi connectivity index (χ3n) is 1.83. The molecule has 0 saturated heterocycles. The number of carbonyl (C=O) groups is 1. The molecular weight excluding hydrogens is 199 g/mol. The summed E-state index contributed by atoms with van der Waals surface area (Å²) in [6, 6.07) is 3.94. The average molecular weight is 212 g/mol. The summed E-state index contributed by atoms with van der Waals surface area (Å²) in [7, 11) is 1.55. The molecule has 0 amide bonds. The lowest BCUT2D eigenvalue weighted by Gasteiger charge is -2.06. The predicted octanol–water partition coefficient (Wildman–Crippen LogP) is 2.05. The van der Waals surface area contributed by atoms with Gasteiger partial charge in [-0.2, -0.15) is 0 Å². The van der Waals surface area contributed by atoms with Gasteiger partial charge in [0.05, 0.1) is 6.61 Å². The zero-order valence-corrected chi connectivity index (χ0v) is 8.75. The van der Waals surface area contributed by atoms with Gasteiger partial charge in [0.15, 0.2) is 5.78 Å². The van der Waals surface area contributed by atoms with Crippen LogP contribution in [0.5, 0.6) is 5.75 Å². The number of Topliss-reactive ketones (excluding diaryl/α,β-unsaturated/α-hetero) is 1. The summed E-state index contributed by atoms with van der Waals surface area (Å²) in [6.45, 7) is 2.14. The number of ether oxygens (including phenoxy) is 2. The van der Waals surface area contributed by atoms with Crippen molar-refractivity contribution < 1.29 is 18.7 Å². The van der Waals surface area contributed by atoms with E-state index in [0.29, 0.717) is 24.5 Å². The first-order valence-electron chi connectivity index (χ1n) is 4.56. The molecular formula is C11H13FO3. The van der Waals surface area contributed by atoms with Gasteiger partial charge in [0, 0.05) is 18.7 Å². The molecule has 1 rings (SSSR count). The summed E-state index contributed by atoms with van der Waals surface area (Å²) in [5.41, 5.74) is 0.308. The minimum atomic E-state index is -0.477. The van der Waals surface area contributed by atoms with Gasteiger partial charge in [-0.05, 0) is 19.1 Å². The van der Waals surface area contributed by atoms with Crippen LogP contribution in [0, 0.1) is 5.82 Å². The van der Waals surface area contributed by atoms with E-state index in [-0.39, 0.29) is 5.78 Å². The first kappa shape index (κ1) is 11.7. The maximum atomic E-state index is 13.0. The highest BCUT2D eigenvalue weighted by molar-refractivity contribution is 5.94. The molecule has 0 heterocycles. The van der Waals surface area contributed by atoms with Gasteiger partial charge in [-0.15, -0.1) is 0 Å². The highest BCUT2D eigenvalue weighted by Crippen LogP contribution is 2.16. The van der Waals surface area contributed by atoms with Crippen LogP contribution in [0.3, 0.4) is 0 Å². The van der Waals surface area contributed by atoms with Crippen molar-refractivity contribution in [2.75, 3.05) is 20.3 Å². The number of methoxy groups -OCH3 is 1. The standard InChI is InChI=1S/C11H13FO3/c1-8(13)9-5-10(12)7-11(6-9)15-4-3-14-2/h5-7H,3-4H2,1-2H3. The lowest BCUT2D eigenvalue weighted by molar-refractivity contribution is 0.101. The van der Waals surface area contributed by atoms with E-state index in [4.69, 9.17) is 9.47 Å². The smallest absolute Gasteiger partial charge is 0.160 e. The fraction of sp³-hybridized carbons (Fsp3) is 0.364. The van der Waals surface area contributed by atoms with Gasteiger partial charge >= 0.3 is 0 Å². The van der Waals surface area contributed by atoms with E-state index in [9.17, 15) is 9.18 Å². The third-order valence-corrected chi connectivity index (χ3v) is 1.83. The Morgan fingerprint density at radius 2 is 2.07 bits per heavy atom. The maximum Gasteiger partial charge on any atom is 0.160 e. The average Bonchev–Trinajstić information content (AvgIpc) is 2.17. The van der Waals surface area contributed by atoms with Crippen LogP contribution in [0.25, 0.3) is 0 Å². The Morgan fingerprint density at radius 3 is 2.67 bits per heavy atom. The zero-order valence-electron chi connectivity index (χ0n) is 8.75. The topological polar surface area (TPSA) is 35.5 Å². The summed E-state index contributed by atoms with van der Waals surface area (Å²) >= 11 is 0. The van der Waals surface area contributed by atoms with Crippen LogP contribution in [0.4, 0.5) is 4.39 Å². The van der Waals surface area contributed by atoms with Gasteiger partial charge in [0.1, 0.15) is 18.2 Å². The minimum Gasteiger partial charge on any atom is -0.491 e. The van der Waals surface area contributed by atoms with E-state index in [1.54, 1.807) is 7.11 Å². The Kier molecular flexibility index (Phi) is 4.24. The normalized spacial score (nSPS) is 10.1. The Hall–Kier alpha value is -1.42. The number of rotatable bonds is 5. The van der Waals surface area contributed by atoms with Crippen molar-refractivity contribution >= 4 is 5.78 Å². The SMILES string of the molecule is COCCOc1cc(F)cc(C(C)=O)c1. The molecule has 0 fully saturated rings. The molecule has 0 aliphatic heterocycles. The molecule has 1 aromatic rings. The van der Waals surface area contributed by atoms with E-state index >= 15 is 0 Å². The van der Waals surface area contributed by atoms with Gasteiger partial charge in [0.25, 0.3) is 0 Å². The van der Waals surface area contributed by atoms with Gasteiger partial charge in [0.2, 0.25) is 0 Å². The molecule has 0 N–H and O–H groups in total. The molecule has 0 saturated carbocycles. The quantitative estimate of drug-likeness (QED) is 0.553. The lowest BCUT2D eigenvalue weighted by Crippen LogP contribution is -2.05. The Balaban J connectivity index is 2.75. The van der Waals surface area contributed by atoms with E-state index in [1.807, 2.05) is 0 Å². The van der Waals surface area contributed by atoms with Crippen molar-refractivity contribution in [1.82, 2.24) is 0 Å². The number of benzene rings is 1. The van der Waals surface area contributed by atoms with E-state index in [1.165, 1.54) is 25.1 Å². The molecule has 0 atom stereocenters. The number of hydrogen-bond acceptors (Lipinski definition) is 3. The van der Waals surface area contributed by atoms with Crippen LogP contribution in [-0.2, 0) is 4.74 Å². The van der Waals surface area contributed by atoms with E-state index < -0.39 is 5.82 Å². The van der Waals surface area contributed by atoms with Crippen molar-refractivity contribution in [3.63, 3.8) is 0 Å². The Morgan fingerprint density at radius 1 is 1.33 bits per heavy atom. The van der Waals surface area contributed by atoms with Crippen LogP contribution in [-0.4, -0.2) is 26.1 Å². The summed E-state index contributed by atoms with van der Waals surface area (Å²) < 4.78 is 23.0. The van der Waals surface area contributed by atoms with Gasteiger partial charge in [-0.3, -0.25) is 4.79 Å². The molecule has 1 aromatic carbocycles. The number of ketones is 1. The summed E-state index contributed by atoms with van der Waals surface area (Å²) in [5, 5.41) is 0. The molecule has 82 valence electrons. The van der Waals surface area contributed by atoms with Crippen LogP contribution < -0.4 is 4.74 Å². The Labute approximate surface area is 87.8 Å². The molecule has 0 bridgehead atoms. The lowest BCUT2D eigenvalue weighted by atomic mass is 10.1. The molecule has 4 heteroatoms. The molecule has 0 aromatic heterocycles. The minimum absolute atomic E-state index is 0.189. The van der Waals surface area contributed by atoms with Gasteiger partial charge in [-0.25, -0.2) is 4.39 Å². The summed E-state index contributed by atoms with van der Waals surface area (Å²) in [5.74, 6) is -0.321. The number of carbonyl (C=O) groups excluding carboxylic acids is 1. The Bertz CT molecular complexity index is 350. The van der Waals surface area contributed by atoms with Crippen molar-refractivity contribution in [1.29, 1.82) is 0 Å². The van der Waals surface area contributed by atoms with Gasteiger partial charge < -0.3 is 9.47 Å². The largest absolute Gasteiger partial charge is 0.491 e. The van der Waals surface area contributed by atoms with Crippen LogP contribution in [0.1, 0.15) is 17.3 Å². The first-order chi connectivity index (χ1) is 7.13. The van der Waals surface area contributed by atoms with Crippen molar-refractivity contribution in [2.45, 2.75) is 6.92 Å². The summed E-state index contributed by atoms with van der Waals surface area (Å²) in [4.78, 5) is 11.0. The zero-order chi connectivity index (χ0) is 11.3. The fourth-order valence-corrected chi connectivity index (χ4v) is 1.09. The van der Waals surface area contributed by atoms with Crippen molar-refractivity contribution in [3.8, 4) is 5.75 Å². The molecule has 0 aliphatic carbocycles. The second kappa shape index (κ2) is 5.46. The molecule has 3 nitrogen and oxygen atoms in total. The monoisotopic (exact) mass is 212 g/mol. The highest BCUT2D eigenvalue weighted by Gasteiger charge is 2.05. The van der Waals surface area contributed by atoms with Crippen LogP contribution in [0.15, 0.2) is 18.2 Å². The van der Waals surface area contributed by atoms with Crippen LogP contribution >= 0.6 is 0 Å². The second-order valence-corrected chi connectivity index (χ2v) is 3.07.